The predicted octanol–water partition coefficient (Wildman–Crippen LogP) is 3.80. The minimum Gasteiger partial charge on any atom is -0.497 e. The van der Waals surface area contributed by atoms with Gasteiger partial charge in [0.05, 0.1) is 20.6 Å². The van der Waals surface area contributed by atoms with Crippen LogP contribution in [0.4, 0.5) is 0 Å². The van der Waals surface area contributed by atoms with Crippen LogP contribution in [-0.4, -0.2) is 25.8 Å². The zero-order valence-electron chi connectivity index (χ0n) is 12.0. The molecule has 0 saturated heterocycles. The topological polar surface area (TPSA) is 52.6 Å². The van der Waals surface area contributed by atoms with Crippen molar-refractivity contribution >= 4 is 11.6 Å². The molecule has 0 aliphatic carbocycles. The lowest BCUT2D eigenvalue weighted by Crippen LogP contribution is -2.08. The van der Waals surface area contributed by atoms with Gasteiger partial charge in [-0.1, -0.05) is 7.43 Å². The number of carbonyl (C=O) groups excluding carboxylic acids is 2. The average molecular weight is 300 g/mol. The van der Waals surface area contributed by atoms with E-state index in [1.807, 2.05) is 0 Å². The van der Waals surface area contributed by atoms with E-state index in [-0.39, 0.29) is 25.4 Å². The van der Waals surface area contributed by atoms with E-state index in [2.05, 4.69) is 0 Å². The van der Waals surface area contributed by atoms with E-state index in [4.69, 9.17) is 9.47 Å². The maximum Gasteiger partial charge on any atom is 0.170 e. The Labute approximate surface area is 130 Å². The fourth-order valence-electron chi connectivity index (χ4n) is 1.90. The predicted molar refractivity (Wildman–Crippen MR) is 86.0 cm³/mol. The SMILES string of the molecule is C.COc1ccc(C(=O)CC(=O)c2ccc(OC)cc2)cc1. The van der Waals surface area contributed by atoms with Crippen LogP contribution in [0.2, 0.25) is 0 Å². The molecule has 22 heavy (non-hydrogen) atoms. The van der Waals surface area contributed by atoms with Crippen molar-refractivity contribution in [2.45, 2.75) is 13.8 Å². The van der Waals surface area contributed by atoms with Gasteiger partial charge in [0, 0.05) is 11.1 Å². The molecule has 0 radical (unpaired) electrons. The summed E-state index contributed by atoms with van der Waals surface area (Å²) in [5, 5.41) is 0. The molecule has 0 aromatic heterocycles. The summed E-state index contributed by atoms with van der Waals surface area (Å²) in [5.74, 6) is 0.929. The molecule has 2 aromatic rings. The highest BCUT2D eigenvalue weighted by Crippen LogP contribution is 2.16. The van der Waals surface area contributed by atoms with E-state index < -0.39 is 0 Å². The van der Waals surface area contributed by atoms with E-state index in [1.165, 1.54) is 0 Å². The van der Waals surface area contributed by atoms with Crippen molar-refractivity contribution in [3.63, 3.8) is 0 Å². The third-order valence-electron chi connectivity index (χ3n) is 3.15. The summed E-state index contributed by atoms with van der Waals surface area (Å²) >= 11 is 0. The Morgan fingerprint density at radius 3 is 1.32 bits per heavy atom. The molecule has 0 bridgehead atoms. The molecule has 0 saturated carbocycles. The molecular weight excluding hydrogens is 280 g/mol. The molecule has 0 amide bonds. The first-order valence-electron chi connectivity index (χ1n) is 6.48. The van der Waals surface area contributed by atoms with Gasteiger partial charge >= 0.3 is 0 Å². The van der Waals surface area contributed by atoms with Crippen molar-refractivity contribution in [3.8, 4) is 11.5 Å². The third kappa shape index (κ3) is 4.19. The van der Waals surface area contributed by atoms with Crippen LogP contribution >= 0.6 is 0 Å². The van der Waals surface area contributed by atoms with Crippen LogP contribution < -0.4 is 9.47 Å². The highest BCUT2D eigenvalue weighted by Gasteiger charge is 2.13. The van der Waals surface area contributed by atoms with Crippen LogP contribution in [0, 0.1) is 0 Å². The quantitative estimate of drug-likeness (QED) is 0.601. The maximum atomic E-state index is 12.1. The lowest BCUT2D eigenvalue weighted by Gasteiger charge is -2.04. The van der Waals surface area contributed by atoms with Gasteiger partial charge in [-0.25, -0.2) is 0 Å². The maximum absolute atomic E-state index is 12.1. The Balaban J connectivity index is 0.00000242. The van der Waals surface area contributed by atoms with E-state index >= 15 is 0 Å². The second-order valence-corrected chi connectivity index (χ2v) is 4.48. The first kappa shape index (κ1) is 17.4. The van der Waals surface area contributed by atoms with Gasteiger partial charge in [0.1, 0.15) is 11.5 Å². The molecule has 0 heterocycles. The molecule has 2 rings (SSSR count). The van der Waals surface area contributed by atoms with Crippen molar-refractivity contribution in [2.24, 2.45) is 0 Å². The minimum atomic E-state index is -0.210. The lowest BCUT2D eigenvalue weighted by atomic mass is 10.0. The minimum absolute atomic E-state index is 0. The second kappa shape index (κ2) is 7.98. The summed E-state index contributed by atoms with van der Waals surface area (Å²) in [6, 6.07) is 13.4. The molecule has 0 spiro atoms. The second-order valence-electron chi connectivity index (χ2n) is 4.48. The van der Waals surface area contributed by atoms with Crippen LogP contribution in [0.15, 0.2) is 48.5 Å². The molecule has 2 aromatic carbocycles. The third-order valence-corrected chi connectivity index (χ3v) is 3.15. The summed E-state index contributed by atoms with van der Waals surface area (Å²) < 4.78 is 10.1. The first-order chi connectivity index (χ1) is 10.1. The van der Waals surface area contributed by atoms with Gasteiger partial charge in [-0.2, -0.15) is 0 Å². The van der Waals surface area contributed by atoms with Crippen LogP contribution in [0.25, 0.3) is 0 Å². The number of ketones is 2. The molecule has 0 aliphatic rings. The van der Waals surface area contributed by atoms with Gasteiger partial charge in [0.15, 0.2) is 11.6 Å². The fourth-order valence-corrected chi connectivity index (χ4v) is 1.90. The molecule has 0 aliphatic heterocycles. The molecular formula is C18H20O4. The largest absolute Gasteiger partial charge is 0.497 e. The van der Waals surface area contributed by atoms with Crippen LogP contribution in [0.5, 0.6) is 11.5 Å². The van der Waals surface area contributed by atoms with Gasteiger partial charge in [-0.05, 0) is 48.5 Å². The number of methoxy groups -OCH3 is 2. The number of rotatable bonds is 6. The summed E-state index contributed by atoms with van der Waals surface area (Å²) in [7, 11) is 3.12. The van der Waals surface area contributed by atoms with Gasteiger partial charge in [-0.3, -0.25) is 9.59 Å². The number of Topliss-reactive ketones (excluding diaryl/α,β-unsaturated/α-hetero) is 2. The highest BCUT2D eigenvalue weighted by molar-refractivity contribution is 6.13. The summed E-state index contributed by atoms with van der Waals surface area (Å²) in [5.41, 5.74) is 0.996. The molecule has 0 fully saturated rings. The Bertz CT molecular complexity index is 570. The van der Waals surface area contributed by atoms with Crippen molar-refractivity contribution in [2.75, 3.05) is 14.2 Å². The first-order valence-corrected chi connectivity index (χ1v) is 6.48. The smallest absolute Gasteiger partial charge is 0.170 e. The Morgan fingerprint density at radius 1 is 0.727 bits per heavy atom. The number of hydrogen-bond donors (Lipinski definition) is 0. The highest BCUT2D eigenvalue weighted by atomic mass is 16.5. The standard InChI is InChI=1S/C17H16O4.CH4/c1-20-14-7-3-12(4-8-14)16(18)11-17(19)13-5-9-15(21-2)10-6-13;/h3-10H,11H2,1-2H3;1H4. The molecule has 4 heteroatoms. The zero-order valence-corrected chi connectivity index (χ0v) is 12.0. The molecule has 0 atom stereocenters. The van der Waals surface area contributed by atoms with Gasteiger partial charge in [0.25, 0.3) is 0 Å². The van der Waals surface area contributed by atoms with Crippen molar-refractivity contribution in [1.29, 1.82) is 0 Å². The van der Waals surface area contributed by atoms with E-state index in [0.717, 1.165) is 0 Å². The molecule has 0 unspecified atom stereocenters. The van der Waals surface area contributed by atoms with Crippen LogP contribution in [-0.2, 0) is 0 Å². The molecule has 116 valence electrons. The Morgan fingerprint density at radius 2 is 1.05 bits per heavy atom. The van der Waals surface area contributed by atoms with E-state index in [0.29, 0.717) is 22.6 Å². The van der Waals surface area contributed by atoms with Crippen molar-refractivity contribution in [3.05, 3.63) is 59.7 Å². The van der Waals surface area contributed by atoms with Gasteiger partial charge in [-0.15, -0.1) is 0 Å². The van der Waals surface area contributed by atoms with Gasteiger partial charge in [0.2, 0.25) is 0 Å². The summed E-state index contributed by atoms with van der Waals surface area (Å²) in [6.07, 6.45) is -0.154. The van der Waals surface area contributed by atoms with E-state index in [1.54, 1.807) is 62.8 Å². The lowest BCUT2D eigenvalue weighted by molar-refractivity contribution is 0.0894. The average Bonchev–Trinajstić information content (AvgIpc) is 2.55. The Kier molecular flexibility index (Phi) is 6.32. The normalized spacial score (nSPS) is 9.55. The number of benzene rings is 2. The number of ether oxygens (including phenoxy) is 2. The molecule has 4 nitrogen and oxygen atoms in total. The summed E-state index contributed by atoms with van der Waals surface area (Å²) in [6.45, 7) is 0. The molecule has 0 N–H and O–H groups in total. The fraction of sp³-hybridized carbons (Fsp3) is 0.222. The van der Waals surface area contributed by atoms with Crippen LogP contribution in [0.3, 0.4) is 0 Å². The Hall–Kier alpha value is -2.62. The van der Waals surface area contributed by atoms with Crippen LogP contribution in [0.1, 0.15) is 34.6 Å². The number of carbonyl (C=O) groups is 2. The van der Waals surface area contributed by atoms with Gasteiger partial charge < -0.3 is 9.47 Å². The zero-order chi connectivity index (χ0) is 15.2. The number of hydrogen-bond acceptors (Lipinski definition) is 4. The monoisotopic (exact) mass is 300 g/mol. The van der Waals surface area contributed by atoms with Crippen molar-refractivity contribution in [1.82, 2.24) is 0 Å². The van der Waals surface area contributed by atoms with E-state index in [9.17, 15) is 9.59 Å². The summed E-state index contributed by atoms with van der Waals surface area (Å²) in [4.78, 5) is 24.1. The van der Waals surface area contributed by atoms with Crippen molar-refractivity contribution < 1.29 is 19.1 Å².